The van der Waals surface area contributed by atoms with Gasteiger partial charge in [-0.25, -0.2) is 0 Å². The first kappa shape index (κ1) is 11.0. The fourth-order valence-corrected chi connectivity index (χ4v) is 1.42. The third-order valence-corrected chi connectivity index (χ3v) is 2.93. The Hall–Kier alpha value is 0.0400. The van der Waals surface area contributed by atoms with E-state index < -0.39 is 0 Å². The number of hydrogen-bond donors (Lipinski definition) is 0. The number of amides is 1. The molecule has 0 rings (SSSR count). The summed E-state index contributed by atoms with van der Waals surface area (Å²) in [4.78, 5) is 15.0. The molecular formula is C7H13NOS2. The van der Waals surface area contributed by atoms with Crippen LogP contribution in [0.25, 0.3) is 0 Å². The average Bonchev–Trinajstić information content (AvgIpc) is 1.99. The highest BCUT2D eigenvalue weighted by Gasteiger charge is 2.05. The molecule has 0 unspecified atom stereocenters. The van der Waals surface area contributed by atoms with Gasteiger partial charge in [0, 0.05) is 5.92 Å². The Bertz CT molecular complexity index is 160. The molecule has 0 aliphatic carbocycles. The fraction of sp³-hybridized carbons (Fsp3) is 0.714. The molecule has 0 saturated carbocycles. The van der Waals surface area contributed by atoms with E-state index in [0.717, 1.165) is 4.38 Å². The monoisotopic (exact) mass is 191 g/mol. The van der Waals surface area contributed by atoms with Crippen LogP contribution in [0.5, 0.6) is 0 Å². The van der Waals surface area contributed by atoms with E-state index in [0.29, 0.717) is 0 Å². The second-order valence-corrected chi connectivity index (χ2v) is 4.13. The number of aliphatic imine (C=N–C) groups is 1. The molecule has 0 bridgehead atoms. The molecule has 0 atom stereocenters. The molecule has 11 heavy (non-hydrogen) atoms. The van der Waals surface area contributed by atoms with Crippen molar-refractivity contribution >= 4 is 33.8 Å². The predicted molar refractivity (Wildman–Crippen MR) is 54.3 cm³/mol. The lowest BCUT2D eigenvalue weighted by molar-refractivity contribution is -0.120. The number of nitrogens with zero attached hydrogens (tertiary/aromatic N) is 1. The maximum atomic E-state index is 11.1. The van der Waals surface area contributed by atoms with E-state index in [1.807, 2.05) is 26.4 Å². The van der Waals surface area contributed by atoms with Gasteiger partial charge >= 0.3 is 0 Å². The van der Waals surface area contributed by atoms with Crippen LogP contribution in [0.2, 0.25) is 0 Å². The largest absolute Gasteiger partial charge is 0.272 e. The molecule has 0 aromatic carbocycles. The Labute approximate surface area is 76.2 Å². The third kappa shape index (κ3) is 4.48. The standard InChI is InChI=1S/C7H13NOS2/c1-5(2)6(9)8-7(10-3)11-4/h5H,1-4H3. The molecule has 0 heterocycles. The maximum absolute atomic E-state index is 11.1. The molecule has 0 N–H and O–H groups in total. The Kier molecular flexibility index (Phi) is 5.68. The highest BCUT2D eigenvalue weighted by atomic mass is 32.2. The van der Waals surface area contributed by atoms with Gasteiger partial charge in [-0.3, -0.25) is 4.79 Å². The second kappa shape index (κ2) is 5.66. The summed E-state index contributed by atoms with van der Waals surface area (Å²) in [6.45, 7) is 3.70. The Morgan fingerprint density at radius 1 is 1.27 bits per heavy atom. The lowest BCUT2D eigenvalue weighted by Crippen LogP contribution is -2.04. The first-order chi connectivity index (χ1) is 5.11. The zero-order chi connectivity index (χ0) is 8.85. The molecule has 0 fully saturated rings. The van der Waals surface area contributed by atoms with Gasteiger partial charge in [0.2, 0.25) is 5.91 Å². The molecule has 0 saturated heterocycles. The number of carbonyl (C=O) groups is 1. The van der Waals surface area contributed by atoms with Crippen LogP contribution in [0.3, 0.4) is 0 Å². The molecule has 1 amide bonds. The van der Waals surface area contributed by atoms with Crippen LogP contribution in [0.15, 0.2) is 4.99 Å². The van der Waals surface area contributed by atoms with Crippen LogP contribution in [-0.2, 0) is 4.79 Å². The molecule has 0 aliphatic rings. The van der Waals surface area contributed by atoms with Crippen molar-refractivity contribution < 1.29 is 4.79 Å². The Morgan fingerprint density at radius 2 is 1.73 bits per heavy atom. The quantitative estimate of drug-likeness (QED) is 0.470. The SMILES string of the molecule is CSC(=NC(=O)C(C)C)SC. The minimum atomic E-state index is -0.0382. The highest BCUT2D eigenvalue weighted by Crippen LogP contribution is 2.11. The van der Waals surface area contributed by atoms with E-state index in [2.05, 4.69) is 4.99 Å². The predicted octanol–water partition coefficient (Wildman–Crippen LogP) is 2.25. The maximum Gasteiger partial charge on any atom is 0.249 e. The van der Waals surface area contributed by atoms with Crippen molar-refractivity contribution in [3.05, 3.63) is 0 Å². The van der Waals surface area contributed by atoms with Gasteiger partial charge in [0.05, 0.1) is 0 Å². The van der Waals surface area contributed by atoms with Crippen molar-refractivity contribution in [3.63, 3.8) is 0 Å². The molecule has 2 nitrogen and oxygen atoms in total. The van der Waals surface area contributed by atoms with E-state index in [1.165, 1.54) is 23.5 Å². The smallest absolute Gasteiger partial charge is 0.249 e. The van der Waals surface area contributed by atoms with Gasteiger partial charge in [0.15, 0.2) is 0 Å². The minimum Gasteiger partial charge on any atom is -0.272 e. The highest BCUT2D eigenvalue weighted by molar-refractivity contribution is 8.38. The Balaban J connectivity index is 4.15. The van der Waals surface area contributed by atoms with E-state index in [4.69, 9.17) is 0 Å². The van der Waals surface area contributed by atoms with Crippen LogP contribution in [0, 0.1) is 5.92 Å². The number of rotatable bonds is 1. The van der Waals surface area contributed by atoms with Crippen LogP contribution in [0.4, 0.5) is 0 Å². The number of thioether (sulfide) groups is 2. The van der Waals surface area contributed by atoms with Crippen molar-refractivity contribution in [2.24, 2.45) is 10.9 Å². The summed E-state index contributed by atoms with van der Waals surface area (Å²) in [7, 11) is 0. The van der Waals surface area contributed by atoms with E-state index in [9.17, 15) is 4.79 Å². The van der Waals surface area contributed by atoms with Crippen LogP contribution in [0.1, 0.15) is 13.8 Å². The van der Waals surface area contributed by atoms with Crippen LogP contribution >= 0.6 is 23.5 Å². The van der Waals surface area contributed by atoms with Gasteiger partial charge in [0.25, 0.3) is 0 Å². The van der Waals surface area contributed by atoms with E-state index >= 15 is 0 Å². The summed E-state index contributed by atoms with van der Waals surface area (Å²) in [6.07, 6.45) is 3.84. The fourth-order valence-electron chi connectivity index (χ4n) is 0.394. The van der Waals surface area contributed by atoms with Crippen LogP contribution < -0.4 is 0 Å². The van der Waals surface area contributed by atoms with Crippen molar-refractivity contribution in [3.8, 4) is 0 Å². The van der Waals surface area contributed by atoms with Gasteiger partial charge < -0.3 is 0 Å². The summed E-state index contributed by atoms with van der Waals surface area (Å²) >= 11 is 3.02. The van der Waals surface area contributed by atoms with Crippen LogP contribution in [-0.4, -0.2) is 22.8 Å². The Morgan fingerprint density at radius 3 is 2.00 bits per heavy atom. The van der Waals surface area contributed by atoms with Gasteiger partial charge in [0.1, 0.15) is 4.38 Å². The molecule has 0 aromatic rings. The molecule has 0 aromatic heterocycles. The summed E-state index contributed by atoms with van der Waals surface area (Å²) in [6, 6.07) is 0. The summed E-state index contributed by atoms with van der Waals surface area (Å²) in [5.74, 6) is -0.0343. The lowest BCUT2D eigenvalue weighted by Gasteiger charge is -1.99. The van der Waals surface area contributed by atoms with Gasteiger partial charge in [-0.1, -0.05) is 13.8 Å². The summed E-state index contributed by atoms with van der Waals surface area (Å²) in [5, 5.41) is 0. The first-order valence-electron chi connectivity index (χ1n) is 3.32. The molecule has 0 spiro atoms. The molecule has 0 radical (unpaired) electrons. The minimum absolute atomic E-state index is 0.00398. The zero-order valence-electron chi connectivity index (χ0n) is 7.25. The first-order valence-corrected chi connectivity index (χ1v) is 5.77. The zero-order valence-corrected chi connectivity index (χ0v) is 8.88. The van der Waals surface area contributed by atoms with Gasteiger partial charge in [-0.05, 0) is 12.5 Å². The van der Waals surface area contributed by atoms with E-state index in [-0.39, 0.29) is 11.8 Å². The molecule has 4 heteroatoms. The average molecular weight is 191 g/mol. The number of hydrogen-bond acceptors (Lipinski definition) is 3. The lowest BCUT2D eigenvalue weighted by atomic mass is 10.2. The van der Waals surface area contributed by atoms with Crippen molar-refractivity contribution in [2.45, 2.75) is 13.8 Å². The summed E-state index contributed by atoms with van der Waals surface area (Å²) < 4.78 is 0.837. The molecule has 64 valence electrons. The van der Waals surface area contributed by atoms with Gasteiger partial charge in [-0.2, -0.15) is 4.99 Å². The third-order valence-electron chi connectivity index (χ3n) is 1.04. The second-order valence-electron chi connectivity index (χ2n) is 2.28. The van der Waals surface area contributed by atoms with Crippen molar-refractivity contribution in [1.29, 1.82) is 0 Å². The van der Waals surface area contributed by atoms with Gasteiger partial charge in [-0.15, -0.1) is 23.5 Å². The topological polar surface area (TPSA) is 29.4 Å². The number of carbonyl (C=O) groups excluding carboxylic acids is 1. The summed E-state index contributed by atoms with van der Waals surface area (Å²) in [5.41, 5.74) is 0. The van der Waals surface area contributed by atoms with Crippen molar-refractivity contribution in [2.75, 3.05) is 12.5 Å². The van der Waals surface area contributed by atoms with Crippen molar-refractivity contribution in [1.82, 2.24) is 0 Å². The van der Waals surface area contributed by atoms with E-state index in [1.54, 1.807) is 0 Å². The molecule has 0 aliphatic heterocycles. The molecular weight excluding hydrogens is 178 g/mol. The normalized spacial score (nSPS) is 9.91.